The first-order valence-corrected chi connectivity index (χ1v) is 7.61. The van der Waals surface area contributed by atoms with Crippen molar-refractivity contribution in [3.05, 3.63) is 52.2 Å². The molecule has 3 aromatic rings. The van der Waals surface area contributed by atoms with E-state index in [1.807, 2.05) is 6.92 Å². The minimum Gasteiger partial charge on any atom is -0.507 e. The van der Waals surface area contributed by atoms with Crippen molar-refractivity contribution in [3.63, 3.8) is 0 Å². The normalized spacial score (nSPS) is 16.2. The number of methoxy groups -OCH3 is 1. The average Bonchev–Trinajstić information content (AvgIpc) is 2.98. The van der Waals surface area contributed by atoms with Gasteiger partial charge in [0, 0.05) is 18.1 Å². The van der Waals surface area contributed by atoms with E-state index in [9.17, 15) is 9.90 Å². The summed E-state index contributed by atoms with van der Waals surface area (Å²) in [5.41, 5.74) is 2.06. The summed E-state index contributed by atoms with van der Waals surface area (Å²) in [5.74, 6) is 0.842. The lowest BCUT2D eigenvalue weighted by Crippen LogP contribution is -2.13. The second-order valence-corrected chi connectivity index (χ2v) is 6.00. The third-order valence-electron chi connectivity index (χ3n) is 4.41. The van der Waals surface area contributed by atoms with Gasteiger partial charge < -0.3 is 19.0 Å². The number of rotatable bonds is 2. The van der Waals surface area contributed by atoms with Gasteiger partial charge in [0.25, 0.3) is 0 Å². The Balaban J connectivity index is 2.13. The molecule has 1 aromatic heterocycles. The Morgan fingerprint density at radius 3 is 2.88 bits per heavy atom. The molecule has 0 bridgehead atoms. The summed E-state index contributed by atoms with van der Waals surface area (Å²) < 4.78 is 17.1. The fourth-order valence-corrected chi connectivity index (χ4v) is 3.15. The Kier molecular flexibility index (Phi) is 3.06. The highest BCUT2D eigenvalue weighted by atomic mass is 16.5. The van der Waals surface area contributed by atoms with E-state index in [1.165, 1.54) is 13.2 Å². The summed E-state index contributed by atoms with van der Waals surface area (Å²) >= 11 is 0. The molecule has 0 aliphatic carbocycles. The molecule has 1 unspecified atom stereocenters. The largest absolute Gasteiger partial charge is 0.507 e. The molecule has 0 saturated carbocycles. The molecule has 0 fully saturated rings. The van der Waals surface area contributed by atoms with E-state index >= 15 is 0 Å². The molecule has 1 N–H and O–H groups in total. The summed E-state index contributed by atoms with van der Waals surface area (Å²) in [5, 5.41) is 10.9. The zero-order valence-electron chi connectivity index (χ0n) is 13.4. The lowest BCUT2D eigenvalue weighted by Gasteiger charge is -2.09. The first-order valence-electron chi connectivity index (χ1n) is 7.61. The van der Waals surface area contributed by atoms with E-state index in [-0.39, 0.29) is 22.7 Å². The predicted molar refractivity (Wildman–Crippen MR) is 91.1 cm³/mol. The van der Waals surface area contributed by atoms with Gasteiger partial charge in [0.05, 0.1) is 12.5 Å². The number of para-hydroxylation sites is 1. The first-order chi connectivity index (χ1) is 11.5. The van der Waals surface area contributed by atoms with Crippen molar-refractivity contribution >= 4 is 21.9 Å². The molecule has 24 heavy (non-hydrogen) atoms. The molecule has 122 valence electrons. The molecule has 0 spiro atoms. The van der Waals surface area contributed by atoms with Crippen LogP contribution in [0.15, 0.2) is 45.6 Å². The summed E-state index contributed by atoms with van der Waals surface area (Å²) in [6.45, 7) is 5.80. The van der Waals surface area contributed by atoms with Gasteiger partial charge in [0.2, 0.25) is 5.43 Å². The summed E-state index contributed by atoms with van der Waals surface area (Å²) in [7, 11) is 1.52. The topological polar surface area (TPSA) is 68.9 Å². The van der Waals surface area contributed by atoms with Gasteiger partial charge in [-0.2, -0.15) is 0 Å². The van der Waals surface area contributed by atoms with Crippen LogP contribution in [0.4, 0.5) is 0 Å². The van der Waals surface area contributed by atoms with Crippen LogP contribution >= 0.6 is 0 Å². The third kappa shape index (κ3) is 1.91. The molecular weight excluding hydrogens is 308 g/mol. The fraction of sp³-hybridized carbons (Fsp3) is 0.211. The van der Waals surface area contributed by atoms with Crippen LogP contribution in [-0.4, -0.2) is 18.3 Å². The zero-order valence-corrected chi connectivity index (χ0v) is 13.4. The van der Waals surface area contributed by atoms with Crippen molar-refractivity contribution in [2.75, 3.05) is 7.11 Å². The predicted octanol–water partition coefficient (Wildman–Crippen LogP) is 3.54. The molecule has 1 aliphatic heterocycles. The molecular formula is C19H16O5. The van der Waals surface area contributed by atoms with E-state index in [0.29, 0.717) is 34.5 Å². The summed E-state index contributed by atoms with van der Waals surface area (Å²) in [6, 6.07) is 6.58. The first kappa shape index (κ1) is 14.6. The van der Waals surface area contributed by atoms with Gasteiger partial charge in [-0.05, 0) is 24.6 Å². The van der Waals surface area contributed by atoms with Crippen LogP contribution in [0.25, 0.3) is 21.9 Å². The van der Waals surface area contributed by atoms with E-state index < -0.39 is 0 Å². The highest BCUT2D eigenvalue weighted by Gasteiger charge is 2.29. The lowest BCUT2D eigenvalue weighted by atomic mass is 10.0. The number of hydrogen-bond donors (Lipinski definition) is 1. The van der Waals surface area contributed by atoms with Gasteiger partial charge in [-0.3, -0.25) is 4.79 Å². The third-order valence-corrected chi connectivity index (χ3v) is 4.41. The molecule has 1 aliphatic rings. The zero-order chi connectivity index (χ0) is 17.0. The number of phenols is 1. The van der Waals surface area contributed by atoms with Crippen molar-refractivity contribution in [2.24, 2.45) is 0 Å². The summed E-state index contributed by atoms with van der Waals surface area (Å²) in [6.07, 6.45) is 0.356. The molecule has 1 atom stereocenters. The van der Waals surface area contributed by atoms with Crippen molar-refractivity contribution in [3.8, 4) is 17.2 Å². The van der Waals surface area contributed by atoms with Gasteiger partial charge >= 0.3 is 0 Å². The summed E-state index contributed by atoms with van der Waals surface area (Å²) in [4.78, 5) is 12.9. The maximum absolute atomic E-state index is 12.9. The van der Waals surface area contributed by atoms with E-state index in [0.717, 1.165) is 11.1 Å². The Hall–Kier alpha value is -2.95. The Morgan fingerprint density at radius 2 is 2.17 bits per heavy atom. The van der Waals surface area contributed by atoms with Crippen LogP contribution in [0, 0.1) is 0 Å². The van der Waals surface area contributed by atoms with Crippen molar-refractivity contribution in [1.29, 1.82) is 0 Å². The Labute approximate surface area is 137 Å². The van der Waals surface area contributed by atoms with Crippen LogP contribution < -0.4 is 14.9 Å². The monoisotopic (exact) mass is 324 g/mol. The molecule has 0 amide bonds. The van der Waals surface area contributed by atoms with Gasteiger partial charge in [-0.25, -0.2) is 0 Å². The smallest absolute Gasteiger partial charge is 0.204 e. The molecule has 0 saturated heterocycles. The average molecular weight is 324 g/mol. The molecule has 5 heteroatoms. The number of fused-ring (bicyclic) bond motifs is 4. The fourth-order valence-electron chi connectivity index (χ4n) is 3.15. The van der Waals surface area contributed by atoms with Crippen LogP contribution in [0.3, 0.4) is 0 Å². The maximum Gasteiger partial charge on any atom is 0.204 e. The van der Waals surface area contributed by atoms with E-state index in [1.54, 1.807) is 18.2 Å². The van der Waals surface area contributed by atoms with E-state index in [2.05, 4.69) is 6.58 Å². The van der Waals surface area contributed by atoms with Gasteiger partial charge in [0.15, 0.2) is 11.3 Å². The van der Waals surface area contributed by atoms with Crippen molar-refractivity contribution in [1.82, 2.24) is 0 Å². The standard InChI is InChI=1S/C19H16O5/c1-9(2)14-7-11-15(23-14)8-12(20)16-17(21)10-5-4-6-13(22-3)18(10)24-19(11)16/h4-6,8,14,20H,1,7H2,2-3H3. The quantitative estimate of drug-likeness (QED) is 0.577. The highest BCUT2D eigenvalue weighted by molar-refractivity contribution is 5.97. The number of aromatic hydroxyl groups is 1. The SMILES string of the molecule is C=C(C)C1Cc2c(cc(O)c3c(=O)c4cccc(OC)c4oc23)O1. The van der Waals surface area contributed by atoms with Crippen LogP contribution in [0.2, 0.25) is 0 Å². The molecule has 2 aromatic carbocycles. The number of hydrogen-bond acceptors (Lipinski definition) is 5. The minimum atomic E-state index is -0.288. The van der Waals surface area contributed by atoms with Crippen LogP contribution in [0.1, 0.15) is 12.5 Å². The minimum absolute atomic E-state index is 0.149. The molecule has 2 heterocycles. The highest BCUT2D eigenvalue weighted by Crippen LogP contribution is 2.41. The molecule has 0 radical (unpaired) electrons. The maximum atomic E-state index is 12.9. The number of benzene rings is 2. The molecule has 4 rings (SSSR count). The Bertz CT molecular complexity index is 1060. The van der Waals surface area contributed by atoms with Gasteiger partial charge in [-0.15, -0.1) is 0 Å². The van der Waals surface area contributed by atoms with Gasteiger partial charge in [-0.1, -0.05) is 12.6 Å². The second kappa shape index (κ2) is 5.03. The van der Waals surface area contributed by atoms with Gasteiger partial charge in [0.1, 0.15) is 28.6 Å². The number of phenolic OH excluding ortho intramolecular Hbond substituents is 1. The lowest BCUT2D eigenvalue weighted by molar-refractivity contribution is 0.270. The number of ether oxygens (including phenoxy) is 2. The van der Waals surface area contributed by atoms with Crippen LogP contribution in [-0.2, 0) is 6.42 Å². The van der Waals surface area contributed by atoms with E-state index in [4.69, 9.17) is 13.9 Å². The van der Waals surface area contributed by atoms with Crippen molar-refractivity contribution < 1.29 is 19.0 Å². The molecule has 5 nitrogen and oxygen atoms in total. The Morgan fingerprint density at radius 1 is 1.38 bits per heavy atom. The van der Waals surface area contributed by atoms with Crippen molar-refractivity contribution in [2.45, 2.75) is 19.4 Å². The van der Waals surface area contributed by atoms with Crippen LogP contribution in [0.5, 0.6) is 17.2 Å². The second-order valence-electron chi connectivity index (χ2n) is 6.00.